The number of ether oxygens (including phenoxy) is 1. The van der Waals surface area contributed by atoms with E-state index < -0.39 is 0 Å². The number of para-hydroxylation sites is 1. The van der Waals surface area contributed by atoms with Gasteiger partial charge in [-0.2, -0.15) is 0 Å². The van der Waals surface area contributed by atoms with Crippen LogP contribution >= 0.6 is 0 Å². The van der Waals surface area contributed by atoms with Gasteiger partial charge in [0.1, 0.15) is 11.9 Å². The topological polar surface area (TPSA) is 21.3 Å². The van der Waals surface area contributed by atoms with Gasteiger partial charge in [0.25, 0.3) is 0 Å². The maximum atomic E-state index is 5.85. The van der Waals surface area contributed by atoms with Crippen LogP contribution in [0.3, 0.4) is 0 Å². The molecule has 0 saturated heterocycles. The molecule has 1 atom stereocenters. The predicted octanol–water partition coefficient (Wildman–Crippen LogP) is 2.38. The van der Waals surface area contributed by atoms with Crippen LogP contribution in [0.15, 0.2) is 24.3 Å². The highest BCUT2D eigenvalue weighted by Gasteiger charge is 2.21. The third-order valence-electron chi connectivity index (χ3n) is 2.78. The minimum Gasteiger partial charge on any atom is -0.490 e. The van der Waals surface area contributed by atoms with E-state index in [1.807, 2.05) is 6.07 Å². The summed E-state index contributed by atoms with van der Waals surface area (Å²) in [5.41, 5.74) is 1.36. The van der Waals surface area contributed by atoms with Gasteiger partial charge in [-0.05, 0) is 37.6 Å². The van der Waals surface area contributed by atoms with Crippen LogP contribution in [-0.4, -0.2) is 19.2 Å². The van der Waals surface area contributed by atoms with Crippen molar-refractivity contribution in [3.8, 4) is 5.75 Å². The highest BCUT2D eigenvalue weighted by molar-refractivity contribution is 5.37. The molecule has 1 aromatic rings. The van der Waals surface area contributed by atoms with E-state index >= 15 is 0 Å². The Kier molecular flexibility index (Phi) is 3.62. The molecule has 0 aliphatic carbocycles. The van der Waals surface area contributed by atoms with E-state index in [9.17, 15) is 0 Å². The van der Waals surface area contributed by atoms with Gasteiger partial charge in [0, 0.05) is 6.42 Å². The molecule has 2 heteroatoms. The Hall–Kier alpha value is -1.02. The summed E-state index contributed by atoms with van der Waals surface area (Å²) in [7, 11) is 0. The first-order valence-corrected chi connectivity index (χ1v) is 5.85. The Morgan fingerprint density at radius 1 is 1.33 bits per heavy atom. The monoisotopic (exact) mass is 205 g/mol. The van der Waals surface area contributed by atoms with Crippen molar-refractivity contribution in [1.82, 2.24) is 5.32 Å². The second kappa shape index (κ2) is 5.17. The number of fused-ring (bicyclic) bond motifs is 1. The van der Waals surface area contributed by atoms with Gasteiger partial charge < -0.3 is 10.1 Å². The van der Waals surface area contributed by atoms with Gasteiger partial charge in [0.2, 0.25) is 0 Å². The Labute approximate surface area is 91.6 Å². The normalized spacial score (nSPS) is 18.6. The van der Waals surface area contributed by atoms with Crippen molar-refractivity contribution in [3.05, 3.63) is 29.8 Å². The minimum atomic E-state index is 0.381. The maximum Gasteiger partial charge on any atom is 0.123 e. The third kappa shape index (κ3) is 2.72. The molecule has 1 N–H and O–H groups in total. The van der Waals surface area contributed by atoms with E-state index in [1.54, 1.807) is 0 Å². The van der Waals surface area contributed by atoms with Crippen molar-refractivity contribution in [2.45, 2.75) is 32.3 Å². The van der Waals surface area contributed by atoms with Crippen LogP contribution in [0.5, 0.6) is 5.75 Å². The van der Waals surface area contributed by atoms with Crippen LogP contribution in [-0.2, 0) is 6.42 Å². The molecular formula is C13H19NO. The van der Waals surface area contributed by atoms with Crippen LogP contribution in [0.25, 0.3) is 0 Å². The Morgan fingerprint density at radius 2 is 2.20 bits per heavy atom. The Bertz CT molecular complexity index is 286. The lowest BCUT2D eigenvalue weighted by molar-refractivity contribution is 0.220. The molecule has 0 bridgehead atoms. The first kappa shape index (κ1) is 10.5. The first-order valence-electron chi connectivity index (χ1n) is 5.85. The van der Waals surface area contributed by atoms with Gasteiger partial charge in [-0.15, -0.1) is 0 Å². The van der Waals surface area contributed by atoms with Crippen LogP contribution in [0.4, 0.5) is 0 Å². The average Bonchev–Trinajstić information content (AvgIpc) is 2.67. The second-order valence-electron chi connectivity index (χ2n) is 4.09. The summed E-state index contributed by atoms with van der Waals surface area (Å²) >= 11 is 0. The largest absolute Gasteiger partial charge is 0.490 e. The fourth-order valence-corrected chi connectivity index (χ4v) is 1.98. The molecule has 82 valence electrons. The van der Waals surface area contributed by atoms with Crippen LogP contribution in [0, 0.1) is 0 Å². The van der Waals surface area contributed by atoms with Gasteiger partial charge in [0.15, 0.2) is 0 Å². The molecule has 15 heavy (non-hydrogen) atoms. The standard InChI is InChI=1S/C13H19NO/c1-2-8-14-9-7-12-10-11-5-3-4-6-13(11)15-12/h3-6,12,14H,2,7-10H2,1H3. The van der Waals surface area contributed by atoms with Gasteiger partial charge in [0.05, 0.1) is 0 Å². The van der Waals surface area contributed by atoms with Gasteiger partial charge in [-0.25, -0.2) is 0 Å². The summed E-state index contributed by atoms with van der Waals surface area (Å²) in [6.45, 7) is 4.36. The zero-order valence-electron chi connectivity index (χ0n) is 9.33. The molecule has 0 fully saturated rings. The average molecular weight is 205 g/mol. The zero-order chi connectivity index (χ0) is 10.5. The molecule has 0 spiro atoms. The van der Waals surface area contributed by atoms with E-state index in [-0.39, 0.29) is 0 Å². The molecule has 0 aromatic heterocycles. The number of benzene rings is 1. The van der Waals surface area contributed by atoms with E-state index in [0.717, 1.165) is 31.7 Å². The van der Waals surface area contributed by atoms with Crippen LogP contribution in [0.2, 0.25) is 0 Å². The van der Waals surface area contributed by atoms with Crippen molar-refractivity contribution in [3.63, 3.8) is 0 Å². The van der Waals surface area contributed by atoms with E-state index in [2.05, 4.69) is 30.4 Å². The smallest absolute Gasteiger partial charge is 0.123 e. The highest BCUT2D eigenvalue weighted by Crippen LogP contribution is 2.29. The maximum absolute atomic E-state index is 5.85. The molecule has 0 radical (unpaired) electrons. The van der Waals surface area contributed by atoms with E-state index in [4.69, 9.17) is 4.74 Å². The van der Waals surface area contributed by atoms with Crippen LogP contribution < -0.4 is 10.1 Å². The minimum absolute atomic E-state index is 0.381. The molecular weight excluding hydrogens is 186 g/mol. The highest BCUT2D eigenvalue weighted by atomic mass is 16.5. The summed E-state index contributed by atoms with van der Waals surface area (Å²) in [6.07, 6.45) is 3.76. The molecule has 1 unspecified atom stereocenters. The number of hydrogen-bond acceptors (Lipinski definition) is 2. The summed E-state index contributed by atoms with van der Waals surface area (Å²) in [4.78, 5) is 0. The summed E-state index contributed by atoms with van der Waals surface area (Å²) in [5, 5.41) is 3.41. The predicted molar refractivity (Wildman–Crippen MR) is 62.3 cm³/mol. The fraction of sp³-hybridized carbons (Fsp3) is 0.538. The number of rotatable bonds is 5. The molecule has 0 saturated carbocycles. The second-order valence-corrected chi connectivity index (χ2v) is 4.09. The molecule has 1 heterocycles. The van der Waals surface area contributed by atoms with Crippen LogP contribution in [0.1, 0.15) is 25.3 Å². The van der Waals surface area contributed by atoms with Gasteiger partial charge in [-0.3, -0.25) is 0 Å². The third-order valence-corrected chi connectivity index (χ3v) is 2.78. The van der Waals surface area contributed by atoms with Crippen molar-refractivity contribution < 1.29 is 4.74 Å². The summed E-state index contributed by atoms with van der Waals surface area (Å²) in [6, 6.07) is 8.35. The van der Waals surface area contributed by atoms with E-state index in [0.29, 0.717) is 6.10 Å². The molecule has 1 aromatic carbocycles. The fourth-order valence-electron chi connectivity index (χ4n) is 1.98. The van der Waals surface area contributed by atoms with Crippen molar-refractivity contribution >= 4 is 0 Å². The molecule has 1 aliphatic rings. The lowest BCUT2D eigenvalue weighted by atomic mass is 10.1. The molecule has 0 amide bonds. The number of nitrogens with one attached hydrogen (secondary N) is 1. The van der Waals surface area contributed by atoms with Crippen molar-refractivity contribution in [1.29, 1.82) is 0 Å². The van der Waals surface area contributed by atoms with Crippen molar-refractivity contribution in [2.24, 2.45) is 0 Å². The Morgan fingerprint density at radius 3 is 3.00 bits per heavy atom. The SMILES string of the molecule is CCCNCCC1Cc2ccccc2O1. The quantitative estimate of drug-likeness (QED) is 0.745. The van der Waals surface area contributed by atoms with Gasteiger partial charge >= 0.3 is 0 Å². The molecule has 2 nitrogen and oxygen atoms in total. The zero-order valence-corrected chi connectivity index (χ0v) is 9.33. The summed E-state index contributed by atoms with van der Waals surface area (Å²) < 4.78 is 5.85. The van der Waals surface area contributed by atoms with Gasteiger partial charge in [-0.1, -0.05) is 25.1 Å². The van der Waals surface area contributed by atoms with E-state index in [1.165, 1.54) is 12.0 Å². The Balaban J connectivity index is 1.76. The lowest BCUT2D eigenvalue weighted by Crippen LogP contribution is -2.23. The lowest BCUT2D eigenvalue weighted by Gasteiger charge is -2.10. The molecule has 1 aliphatic heterocycles. The number of hydrogen-bond donors (Lipinski definition) is 1. The van der Waals surface area contributed by atoms with Crippen molar-refractivity contribution in [2.75, 3.05) is 13.1 Å². The first-order chi connectivity index (χ1) is 7.40. The molecule has 2 rings (SSSR count). The summed E-state index contributed by atoms with van der Waals surface area (Å²) in [5.74, 6) is 1.08.